The van der Waals surface area contributed by atoms with Crippen LogP contribution in [-0.2, 0) is 4.79 Å². The fourth-order valence-corrected chi connectivity index (χ4v) is 3.10. The average Bonchev–Trinajstić information content (AvgIpc) is 3.11. The molecule has 0 aliphatic rings. The van der Waals surface area contributed by atoms with Gasteiger partial charge in [-0.3, -0.25) is 10.1 Å². The van der Waals surface area contributed by atoms with Crippen LogP contribution in [0.25, 0.3) is 22.1 Å². The van der Waals surface area contributed by atoms with Gasteiger partial charge in [0.2, 0.25) is 11.9 Å². The van der Waals surface area contributed by atoms with Gasteiger partial charge in [-0.2, -0.15) is 0 Å². The molecule has 0 bridgehead atoms. The molecule has 0 aliphatic heterocycles. The molecule has 1 amide bonds. The summed E-state index contributed by atoms with van der Waals surface area (Å²) in [4.78, 5) is 26.4. The number of nitrogen functional groups attached to an aromatic ring is 1. The molecular formula is C17H16ClN7O. The van der Waals surface area contributed by atoms with Crippen molar-refractivity contribution in [2.45, 2.75) is 13.8 Å². The Morgan fingerprint density at radius 1 is 1.15 bits per heavy atom. The summed E-state index contributed by atoms with van der Waals surface area (Å²) in [6, 6.07) is 7.16. The highest BCUT2D eigenvalue weighted by atomic mass is 35.5. The largest absolute Gasteiger partial charge is 0.397 e. The molecule has 0 spiro atoms. The molecule has 0 aliphatic carbocycles. The van der Waals surface area contributed by atoms with Crippen molar-refractivity contribution in [3.8, 4) is 0 Å². The number of rotatable bonds is 3. The number of fused-ring (bicyclic) bond motifs is 2. The number of hydrogen-bond acceptors (Lipinski definition) is 5. The van der Waals surface area contributed by atoms with Gasteiger partial charge < -0.3 is 21.0 Å². The molecule has 0 fully saturated rings. The Hall–Kier alpha value is -3.26. The molecule has 0 radical (unpaired) electrons. The summed E-state index contributed by atoms with van der Waals surface area (Å²) in [5.41, 5.74) is 10.9. The van der Waals surface area contributed by atoms with Crippen LogP contribution in [0.3, 0.4) is 0 Å². The van der Waals surface area contributed by atoms with Gasteiger partial charge in [-0.05, 0) is 31.2 Å². The van der Waals surface area contributed by atoms with Crippen LogP contribution in [0.1, 0.15) is 12.7 Å². The number of nitrogens with zero attached hydrogens (tertiary/aromatic N) is 2. The van der Waals surface area contributed by atoms with Gasteiger partial charge in [0.05, 0.1) is 28.1 Å². The van der Waals surface area contributed by atoms with Gasteiger partial charge in [-0.25, -0.2) is 9.97 Å². The van der Waals surface area contributed by atoms with E-state index in [4.69, 9.17) is 17.3 Å². The lowest BCUT2D eigenvalue weighted by atomic mass is 10.2. The Morgan fingerprint density at radius 2 is 1.96 bits per heavy atom. The number of H-pyrrole nitrogens is 2. The monoisotopic (exact) mass is 369 g/mol. The zero-order chi connectivity index (χ0) is 18.4. The highest BCUT2D eigenvalue weighted by Crippen LogP contribution is 2.35. The molecule has 6 N–H and O–H groups in total. The van der Waals surface area contributed by atoms with E-state index in [0.29, 0.717) is 33.5 Å². The summed E-state index contributed by atoms with van der Waals surface area (Å²) in [6.45, 7) is 3.30. The summed E-state index contributed by atoms with van der Waals surface area (Å²) in [7, 11) is 0. The number of benzene rings is 2. The van der Waals surface area contributed by atoms with Gasteiger partial charge in [-0.1, -0.05) is 11.6 Å². The molecule has 0 saturated carbocycles. The van der Waals surface area contributed by atoms with Crippen molar-refractivity contribution in [2.24, 2.45) is 0 Å². The lowest BCUT2D eigenvalue weighted by molar-refractivity contribution is -0.114. The zero-order valence-corrected chi connectivity index (χ0v) is 14.8. The van der Waals surface area contributed by atoms with Gasteiger partial charge in [0.1, 0.15) is 16.9 Å². The maximum absolute atomic E-state index is 11.3. The smallest absolute Gasteiger partial charge is 0.223 e. The molecular weight excluding hydrogens is 354 g/mol. The topological polar surface area (TPSA) is 125 Å². The van der Waals surface area contributed by atoms with Gasteiger partial charge in [0.25, 0.3) is 0 Å². The molecule has 0 atom stereocenters. The van der Waals surface area contributed by atoms with E-state index in [1.165, 1.54) is 6.92 Å². The van der Waals surface area contributed by atoms with Crippen LogP contribution in [0.4, 0.5) is 23.0 Å². The predicted octanol–water partition coefficient (Wildman–Crippen LogP) is 3.69. The van der Waals surface area contributed by atoms with Gasteiger partial charge in [0, 0.05) is 11.9 Å². The SMILES string of the molecule is CC(=O)Nc1nc2c(Nc3cc(Cl)cc4[nH]c(C)nc34)c(N)ccc2[nH]1. The summed E-state index contributed by atoms with van der Waals surface area (Å²) in [6.07, 6.45) is 0. The number of halogens is 1. The molecule has 4 rings (SSSR count). The minimum absolute atomic E-state index is 0.213. The molecule has 0 unspecified atom stereocenters. The van der Waals surface area contributed by atoms with Crippen LogP contribution in [0, 0.1) is 6.92 Å². The third-order valence-corrected chi connectivity index (χ3v) is 4.13. The van der Waals surface area contributed by atoms with E-state index in [1.54, 1.807) is 18.2 Å². The molecule has 2 aromatic heterocycles. The van der Waals surface area contributed by atoms with Crippen LogP contribution in [0.5, 0.6) is 0 Å². The summed E-state index contributed by atoms with van der Waals surface area (Å²) in [5.74, 6) is 0.923. The first-order valence-electron chi connectivity index (χ1n) is 7.89. The second kappa shape index (κ2) is 5.92. The third kappa shape index (κ3) is 2.80. The Labute approximate surface area is 153 Å². The van der Waals surface area contributed by atoms with E-state index in [-0.39, 0.29) is 5.91 Å². The highest BCUT2D eigenvalue weighted by molar-refractivity contribution is 6.31. The number of nitrogens with one attached hydrogen (secondary N) is 4. The van der Waals surface area contributed by atoms with E-state index in [1.807, 2.05) is 13.0 Å². The summed E-state index contributed by atoms with van der Waals surface area (Å²) < 4.78 is 0. The first kappa shape index (κ1) is 16.2. The minimum Gasteiger partial charge on any atom is -0.397 e. The van der Waals surface area contributed by atoms with E-state index in [2.05, 4.69) is 30.6 Å². The summed E-state index contributed by atoms with van der Waals surface area (Å²) in [5, 5.41) is 6.49. The number of aromatic amines is 2. The molecule has 9 heteroatoms. The van der Waals surface area contributed by atoms with Gasteiger partial charge in [0.15, 0.2) is 0 Å². The van der Waals surface area contributed by atoms with Crippen LogP contribution in [0.15, 0.2) is 24.3 Å². The van der Waals surface area contributed by atoms with Crippen molar-refractivity contribution in [1.82, 2.24) is 19.9 Å². The van der Waals surface area contributed by atoms with E-state index in [0.717, 1.165) is 22.4 Å². The minimum atomic E-state index is -0.213. The molecule has 132 valence electrons. The van der Waals surface area contributed by atoms with Crippen LogP contribution in [-0.4, -0.2) is 25.8 Å². The number of aryl methyl sites for hydroxylation is 1. The zero-order valence-electron chi connectivity index (χ0n) is 14.1. The maximum atomic E-state index is 11.3. The number of aromatic nitrogens is 4. The average molecular weight is 370 g/mol. The van der Waals surface area contributed by atoms with Crippen LogP contribution < -0.4 is 16.4 Å². The maximum Gasteiger partial charge on any atom is 0.223 e. The molecule has 0 saturated heterocycles. The highest BCUT2D eigenvalue weighted by Gasteiger charge is 2.14. The Kier molecular flexibility index (Phi) is 3.69. The number of carbonyl (C=O) groups excluding carboxylic acids is 1. The lowest BCUT2D eigenvalue weighted by Gasteiger charge is -2.11. The van der Waals surface area contributed by atoms with Crippen molar-refractivity contribution in [1.29, 1.82) is 0 Å². The van der Waals surface area contributed by atoms with Crippen LogP contribution in [0.2, 0.25) is 5.02 Å². The second-order valence-corrected chi connectivity index (χ2v) is 6.43. The Balaban J connectivity index is 1.86. The van der Waals surface area contributed by atoms with E-state index < -0.39 is 0 Å². The van der Waals surface area contributed by atoms with Crippen molar-refractivity contribution in [3.05, 3.63) is 35.1 Å². The van der Waals surface area contributed by atoms with Gasteiger partial charge in [-0.15, -0.1) is 0 Å². The standard InChI is InChI=1S/C17H16ClN7O/c1-7-20-12-5-9(18)6-13(15(12)21-7)23-14-10(19)3-4-11-16(14)25-17(24-11)22-8(2)26/h3-6,23H,19H2,1-2H3,(H,20,21)(H2,22,24,25,26). The number of imidazole rings is 2. The normalized spacial score (nSPS) is 11.2. The number of nitrogens with two attached hydrogens (primary N) is 1. The van der Waals surface area contributed by atoms with Crippen molar-refractivity contribution < 1.29 is 4.79 Å². The quantitative estimate of drug-likeness (QED) is 0.352. The second-order valence-electron chi connectivity index (χ2n) is 5.99. The van der Waals surface area contributed by atoms with Crippen molar-refractivity contribution in [2.75, 3.05) is 16.4 Å². The number of amides is 1. The number of hydrogen-bond donors (Lipinski definition) is 5. The first-order chi connectivity index (χ1) is 12.4. The van der Waals surface area contributed by atoms with E-state index >= 15 is 0 Å². The number of anilines is 4. The molecule has 4 aromatic rings. The lowest BCUT2D eigenvalue weighted by Crippen LogP contribution is -2.06. The van der Waals surface area contributed by atoms with E-state index in [9.17, 15) is 4.79 Å². The summed E-state index contributed by atoms with van der Waals surface area (Å²) >= 11 is 6.23. The first-order valence-corrected chi connectivity index (χ1v) is 8.27. The van der Waals surface area contributed by atoms with Crippen molar-refractivity contribution >= 4 is 62.6 Å². The predicted molar refractivity (Wildman–Crippen MR) is 104 cm³/mol. The number of carbonyl (C=O) groups is 1. The molecule has 26 heavy (non-hydrogen) atoms. The van der Waals surface area contributed by atoms with Gasteiger partial charge >= 0.3 is 0 Å². The Bertz CT molecular complexity index is 1160. The van der Waals surface area contributed by atoms with Crippen molar-refractivity contribution in [3.63, 3.8) is 0 Å². The molecule has 2 heterocycles. The van der Waals surface area contributed by atoms with Crippen LogP contribution >= 0.6 is 11.6 Å². The Morgan fingerprint density at radius 3 is 2.73 bits per heavy atom. The fraction of sp³-hybridized carbons (Fsp3) is 0.118. The molecule has 8 nitrogen and oxygen atoms in total. The molecule has 2 aromatic carbocycles. The third-order valence-electron chi connectivity index (χ3n) is 3.91. The fourth-order valence-electron chi connectivity index (χ4n) is 2.88.